The van der Waals surface area contributed by atoms with Crippen LogP contribution < -0.4 is 4.74 Å². The van der Waals surface area contributed by atoms with Gasteiger partial charge in [-0.25, -0.2) is 0 Å². The average Bonchev–Trinajstić information content (AvgIpc) is 2.80. The molecule has 0 N–H and O–H groups in total. The van der Waals surface area contributed by atoms with Crippen LogP contribution in [0, 0.1) is 10.8 Å². The molecule has 194 valence electrons. The van der Waals surface area contributed by atoms with E-state index < -0.39 is 0 Å². The highest BCUT2D eigenvalue weighted by molar-refractivity contribution is 9.10. The van der Waals surface area contributed by atoms with E-state index in [2.05, 4.69) is 72.8 Å². The van der Waals surface area contributed by atoms with Crippen LogP contribution in [0.15, 0.2) is 75.5 Å². The summed E-state index contributed by atoms with van der Waals surface area (Å²) in [5, 5.41) is 0. The van der Waals surface area contributed by atoms with Crippen LogP contribution in [-0.4, -0.2) is 23.1 Å². The Balaban J connectivity index is 1.74. The molecule has 0 saturated heterocycles. The molecule has 0 radical (unpaired) electrons. The van der Waals surface area contributed by atoms with Crippen LogP contribution in [0.3, 0.4) is 0 Å². The Hall–Kier alpha value is -2.66. The maximum absolute atomic E-state index is 13.9. The largest absolute Gasteiger partial charge is 0.493 e. The molecule has 2 aromatic carbocycles. The van der Waals surface area contributed by atoms with Gasteiger partial charge in [0.25, 0.3) is 0 Å². The van der Waals surface area contributed by atoms with Crippen molar-refractivity contribution in [1.29, 1.82) is 0 Å². The second-order valence-corrected chi connectivity index (χ2v) is 13.1. The normalized spacial score (nSPS) is 21.2. The number of Topliss-reactive ketones (excluding diaryl/α,β-unsaturated/α-hetero) is 2. The van der Waals surface area contributed by atoms with Crippen molar-refractivity contribution in [3.63, 3.8) is 0 Å². The molecule has 5 rings (SSSR count). The SMILES string of the molecule is CCOc1ccc(C2C3=C(CC(C)(C)CC3=O)N(Cc3ccccc3)C3=C2C(=O)CC(C)(C)C3)cc1Br. The van der Waals surface area contributed by atoms with Crippen molar-refractivity contribution in [3.8, 4) is 5.75 Å². The predicted molar refractivity (Wildman–Crippen MR) is 150 cm³/mol. The van der Waals surface area contributed by atoms with Crippen LogP contribution in [-0.2, 0) is 16.1 Å². The van der Waals surface area contributed by atoms with Crippen molar-refractivity contribution in [3.05, 3.63) is 86.7 Å². The van der Waals surface area contributed by atoms with Crippen LogP contribution in [0.1, 0.15) is 77.3 Å². The van der Waals surface area contributed by atoms with Gasteiger partial charge in [0.15, 0.2) is 11.6 Å². The number of rotatable bonds is 5. The number of hydrogen-bond acceptors (Lipinski definition) is 4. The zero-order valence-electron chi connectivity index (χ0n) is 22.5. The number of carbonyl (C=O) groups is 2. The number of nitrogens with zero attached hydrogens (tertiary/aromatic N) is 1. The first-order valence-electron chi connectivity index (χ1n) is 13.3. The van der Waals surface area contributed by atoms with Crippen molar-refractivity contribution in [1.82, 2.24) is 4.90 Å². The van der Waals surface area contributed by atoms with E-state index in [4.69, 9.17) is 4.74 Å². The van der Waals surface area contributed by atoms with Gasteiger partial charge >= 0.3 is 0 Å². The first-order valence-corrected chi connectivity index (χ1v) is 14.1. The number of benzene rings is 2. The van der Waals surface area contributed by atoms with Crippen molar-refractivity contribution in [2.24, 2.45) is 10.8 Å². The smallest absolute Gasteiger partial charge is 0.162 e. The summed E-state index contributed by atoms with van der Waals surface area (Å²) in [6.45, 7) is 11.9. The Morgan fingerprint density at radius 1 is 0.865 bits per heavy atom. The highest BCUT2D eigenvalue weighted by atomic mass is 79.9. The van der Waals surface area contributed by atoms with Gasteiger partial charge in [-0.15, -0.1) is 0 Å². The number of halogens is 1. The van der Waals surface area contributed by atoms with E-state index in [1.54, 1.807) is 0 Å². The molecule has 2 aromatic rings. The second-order valence-electron chi connectivity index (χ2n) is 12.2. The second kappa shape index (κ2) is 9.58. The molecule has 0 saturated carbocycles. The Labute approximate surface area is 228 Å². The zero-order chi connectivity index (χ0) is 26.5. The quantitative estimate of drug-likeness (QED) is 0.374. The van der Waals surface area contributed by atoms with Crippen molar-refractivity contribution < 1.29 is 14.3 Å². The fourth-order valence-corrected chi connectivity index (χ4v) is 6.82. The molecule has 2 aliphatic carbocycles. The van der Waals surface area contributed by atoms with Crippen LogP contribution in [0.25, 0.3) is 0 Å². The molecule has 4 nitrogen and oxygen atoms in total. The van der Waals surface area contributed by atoms with Crippen LogP contribution in [0.5, 0.6) is 5.75 Å². The van der Waals surface area contributed by atoms with Gasteiger partial charge in [0, 0.05) is 47.8 Å². The predicted octanol–water partition coefficient (Wildman–Crippen LogP) is 7.73. The summed E-state index contributed by atoms with van der Waals surface area (Å²) in [5.41, 5.74) is 5.65. The lowest BCUT2D eigenvalue weighted by Gasteiger charge is -2.49. The molecule has 0 bridgehead atoms. The molecule has 0 spiro atoms. The van der Waals surface area contributed by atoms with Gasteiger partial charge in [0.05, 0.1) is 11.1 Å². The Kier molecular flexibility index (Phi) is 6.72. The number of allylic oxidation sites excluding steroid dienone is 4. The third-order valence-electron chi connectivity index (χ3n) is 7.79. The van der Waals surface area contributed by atoms with E-state index in [9.17, 15) is 9.59 Å². The Morgan fingerprint density at radius 2 is 1.43 bits per heavy atom. The molecular weight excluding hydrogens is 526 g/mol. The third-order valence-corrected chi connectivity index (χ3v) is 8.41. The molecule has 1 heterocycles. The van der Waals surface area contributed by atoms with Crippen molar-refractivity contribution in [2.75, 3.05) is 6.61 Å². The van der Waals surface area contributed by atoms with E-state index >= 15 is 0 Å². The molecule has 0 atom stereocenters. The van der Waals surface area contributed by atoms with Crippen LogP contribution in [0.4, 0.5) is 0 Å². The summed E-state index contributed by atoms with van der Waals surface area (Å²) >= 11 is 3.68. The summed E-state index contributed by atoms with van der Waals surface area (Å²) in [5.74, 6) is 0.728. The van der Waals surface area contributed by atoms with E-state index in [0.717, 1.165) is 51.2 Å². The summed E-state index contributed by atoms with van der Waals surface area (Å²) in [6.07, 6.45) is 2.59. The van der Waals surface area contributed by atoms with Gasteiger partial charge in [-0.3, -0.25) is 9.59 Å². The lowest BCUT2D eigenvalue weighted by atomic mass is 9.63. The molecule has 1 aliphatic heterocycles. The minimum Gasteiger partial charge on any atom is -0.493 e. The van der Waals surface area contributed by atoms with Gasteiger partial charge in [-0.05, 0) is 69.8 Å². The summed E-state index contributed by atoms with van der Waals surface area (Å²) in [4.78, 5) is 30.2. The van der Waals surface area contributed by atoms with Crippen LogP contribution in [0.2, 0.25) is 0 Å². The fraction of sp³-hybridized carbons (Fsp3) is 0.438. The summed E-state index contributed by atoms with van der Waals surface area (Å²) in [6, 6.07) is 16.4. The maximum atomic E-state index is 13.9. The molecule has 37 heavy (non-hydrogen) atoms. The van der Waals surface area contributed by atoms with E-state index in [0.29, 0.717) is 26.0 Å². The highest BCUT2D eigenvalue weighted by Gasteiger charge is 2.49. The van der Waals surface area contributed by atoms with Gasteiger partial charge in [0.1, 0.15) is 5.75 Å². The van der Waals surface area contributed by atoms with Gasteiger partial charge in [0.2, 0.25) is 0 Å². The summed E-state index contributed by atoms with van der Waals surface area (Å²) < 4.78 is 6.60. The average molecular weight is 563 g/mol. The van der Waals surface area contributed by atoms with Gasteiger partial charge < -0.3 is 9.64 Å². The molecule has 0 unspecified atom stereocenters. The standard InChI is InChI=1S/C32H36BrNO3/c1-6-37-27-13-12-21(14-22(27)33)28-29-23(15-31(2,3)17-25(29)35)34(19-20-10-8-7-9-11-20)24-16-32(4,5)18-26(36)30(24)28/h7-14,28H,6,15-19H2,1-5H3. The highest BCUT2D eigenvalue weighted by Crippen LogP contribution is 2.55. The Bertz CT molecular complexity index is 1260. The van der Waals surface area contributed by atoms with Gasteiger partial charge in [-0.1, -0.05) is 64.1 Å². The number of ketones is 2. The van der Waals surface area contributed by atoms with Gasteiger partial charge in [-0.2, -0.15) is 0 Å². The summed E-state index contributed by atoms with van der Waals surface area (Å²) in [7, 11) is 0. The molecular formula is C32H36BrNO3. The molecule has 0 fully saturated rings. The number of hydrogen-bond donors (Lipinski definition) is 0. The van der Waals surface area contributed by atoms with E-state index in [-0.39, 0.29) is 28.3 Å². The zero-order valence-corrected chi connectivity index (χ0v) is 24.1. The first kappa shape index (κ1) is 26.0. The van der Waals surface area contributed by atoms with Crippen molar-refractivity contribution in [2.45, 2.75) is 72.8 Å². The molecule has 5 heteroatoms. The lowest BCUT2D eigenvalue weighted by Crippen LogP contribution is -2.44. The lowest BCUT2D eigenvalue weighted by molar-refractivity contribution is -0.119. The minimum atomic E-state index is -0.351. The van der Waals surface area contributed by atoms with Crippen LogP contribution >= 0.6 is 15.9 Å². The van der Waals surface area contributed by atoms with E-state index in [1.165, 1.54) is 5.56 Å². The maximum Gasteiger partial charge on any atom is 0.162 e. The first-order chi connectivity index (χ1) is 17.5. The minimum absolute atomic E-state index is 0.138. The number of ether oxygens (including phenoxy) is 1. The monoisotopic (exact) mass is 561 g/mol. The van der Waals surface area contributed by atoms with E-state index in [1.807, 2.05) is 31.2 Å². The Morgan fingerprint density at radius 3 is 1.95 bits per heavy atom. The van der Waals surface area contributed by atoms with Crippen molar-refractivity contribution >= 4 is 27.5 Å². The number of carbonyl (C=O) groups excluding carboxylic acids is 2. The molecule has 0 aromatic heterocycles. The topological polar surface area (TPSA) is 46.6 Å². The third kappa shape index (κ3) is 4.95. The molecule has 0 amide bonds. The fourth-order valence-electron chi connectivity index (χ4n) is 6.31. The molecule has 3 aliphatic rings.